The third kappa shape index (κ3) is 3.38. The van der Waals surface area contributed by atoms with Gasteiger partial charge in [-0.3, -0.25) is 0 Å². The van der Waals surface area contributed by atoms with Gasteiger partial charge in [0, 0.05) is 19.6 Å². The summed E-state index contributed by atoms with van der Waals surface area (Å²) in [5, 5.41) is 0. The van der Waals surface area contributed by atoms with Gasteiger partial charge in [-0.05, 0) is 51.4 Å². The minimum atomic E-state index is -0.149. The van der Waals surface area contributed by atoms with E-state index in [0.717, 1.165) is 45.4 Å². The maximum Gasteiger partial charge on any atom is 0.146 e. The van der Waals surface area contributed by atoms with E-state index in [2.05, 4.69) is 23.6 Å². The van der Waals surface area contributed by atoms with Crippen LogP contribution in [0.4, 0.5) is 10.1 Å². The van der Waals surface area contributed by atoms with Crippen molar-refractivity contribution < 1.29 is 4.39 Å². The molecule has 1 aromatic carbocycles. The molecule has 2 rings (SSSR count). The van der Waals surface area contributed by atoms with Gasteiger partial charge in [-0.1, -0.05) is 19.1 Å². The van der Waals surface area contributed by atoms with Gasteiger partial charge in [-0.25, -0.2) is 4.39 Å². The van der Waals surface area contributed by atoms with Crippen LogP contribution in [0.15, 0.2) is 24.3 Å². The van der Waals surface area contributed by atoms with E-state index in [-0.39, 0.29) is 11.4 Å². The van der Waals surface area contributed by atoms with E-state index >= 15 is 0 Å². The molecule has 1 saturated heterocycles. The molecule has 1 unspecified atom stereocenters. The second-order valence-electron chi connectivity index (χ2n) is 5.91. The summed E-state index contributed by atoms with van der Waals surface area (Å²) in [5.74, 6) is -0.149. The lowest BCUT2D eigenvalue weighted by atomic mass is 9.87. The highest BCUT2D eigenvalue weighted by Gasteiger charge is 2.37. The third-order valence-corrected chi connectivity index (χ3v) is 4.87. The van der Waals surface area contributed by atoms with Crippen molar-refractivity contribution in [2.24, 2.45) is 5.73 Å². The van der Waals surface area contributed by atoms with Crippen LogP contribution in [-0.4, -0.2) is 43.2 Å². The molecular weight excluding hydrogens is 265 g/mol. The molecule has 21 heavy (non-hydrogen) atoms. The van der Waals surface area contributed by atoms with E-state index < -0.39 is 0 Å². The van der Waals surface area contributed by atoms with Crippen molar-refractivity contribution in [1.29, 1.82) is 0 Å². The summed E-state index contributed by atoms with van der Waals surface area (Å²) in [6.07, 6.45) is 3.15. The van der Waals surface area contributed by atoms with Gasteiger partial charge in [0.1, 0.15) is 5.82 Å². The van der Waals surface area contributed by atoms with Crippen LogP contribution in [0.3, 0.4) is 0 Å². The first-order valence-corrected chi connectivity index (χ1v) is 8.11. The van der Waals surface area contributed by atoms with Crippen molar-refractivity contribution in [3.05, 3.63) is 30.1 Å². The van der Waals surface area contributed by atoms with Crippen molar-refractivity contribution in [3.8, 4) is 0 Å². The number of halogens is 1. The van der Waals surface area contributed by atoms with E-state index in [4.69, 9.17) is 5.73 Å². The number of benzene rings is 1. The number of nitrogens with two attached hydrogens (primary N) is 1. The normalized spacial score (nSPS) is 23.8. The Kier molecular flexibility index (Phi) is 5.59. The molecule has 1 aliphatic heterocycles. The number of rotatable bonds is 5. The lowest BCUT2D eigenvalue weighted by Crippen LogP contribution is -2.55. The molecule has 2 N–H and O–H groups in total. The maximum absolute atomic E-state index is 14.2. The van der Waals surface area contributed by atoms with E-state index in [9.17, 15) is 4.39 Å². The number of para-hydroxylation sites is 1. The first-order valence-electron chi connectivity index (χ1n) is 8.11. The molecule has 0 spiro atoms. The van der Waals surface area contributed by atoms with Gasteiger partial charge in [0.05, 0.1) is 11.2 Å². The first kappa shape index (κ1) is 16.2. The standard InChI is InChI=1S/C17H28FN3/c1-3-20-12-7-10-17(14-19,11-13-20)21(4-2)16-9-6-5-8-15(16)18/h5-6,8-9H,3-4,7,10-14,19H2,1-2H3. The van der Waals surface area contributed by atoms with Crippen LogP contribution in [0.1, 0.15) is 33.1 Å². The van der Waals surface area contributed by atoms with Gasteiger partial charge < -0.3 is 15.5 Å². The van der Waals surface area contributed by atoms with Crippen LogP contribution < -0.4 is 10.6 Å². The average molecular weight is 293 g/mol. The third-order valence-electron chi connectivity index (χ3n) is 4.87. The second-order valence-corrected chi connectivity index (χ2v) is 5.91. The Morgan fingerprint density at radius 3 is 2.62 bits per heavy atom. The molecule has 118 valence electrons. The Bertz CT molecular complexity index is 451. The number of nitrogens with zero attached hydrogens (tertiary/aromatic N) is 2. The second kappa shape index (κ2) is 7.23. The van der Waals surface area contributed by atoms with Crippen LogP contribution >= 0.6 is 0 Å². The van der Waals surface area contributed by atoms with Gasteiger partial charge >= 0.3 is 0 Å². The van der Waals surface area contributed by atoms with Gasteiger partial charge in [0.25, 0.3) is 0 Å². The minimum absolute atomic E-state index is 0.124. The molecule has 1 aromatic rings. The van der Waals surface area contributed by atoms with Crippen LogP contribution in [0.2, 0.25) is 0 Å². The predicted octanol–water partition coefficient (Wildman–Crippen LogP) is 2.86. The number of hydrogen-bond donors (Lipinski definition) is 1. The number of hydrogen-bond acceptors (Lipinski definition) is 3. The molecule has 3 nitrogen and oxygen atoms in total. The average Bonchev–Trinajstić information content (AvgIpc) is 2.73. The van der Waals surface area contributed by atoms with Gasteiger partial charge in [0.2, 0.25) is 0 Å². The highest BCUT2D eigenvalue weighted by atomic mass is 19.1. The van der Waals surface area contributed by atoms with E-state index in [1.54, 1.807) is 6.07 Å². The molecule has 0 bridgehead atoms. The smallest absolute Gasteiger partial charge is 0.146 e. The molecule has 0 saturated carbocycles. The van der Waals surface area contributed by atoms with E-state index in [1.807, 2.05) is 12.1 Å². The molecule has 1 heterocycles. The Balaban J connectivity index is 2.30. The fourth-order valence-corrected chi connectivity index (χ4v) is 3.57. The molecule has 0 radical (unpaired) electrons. The summed E-state index contributed by atoms with van der Waals surface area (Å²) in [4.78, 5) is 4.66. The van der Waals surface area contributed by atoms with Crippen LogP contribution in [0, 0.1) is 5.82 Å². The van der Waals surface area contributed by atoms with Gasteiger partial charge in [-0.15, -0.1) is 0 Å². The van der Waals surface area contributed by atoms with Crippen LogP contribution in [-0.2, 0) is 0 Å². The summed E-state index contributed by atoms with van der Waals surface area (Å²) >= 11 is 0. The quantitative estimate of drug-likeness (QED) is 0.906. The fraction of sp³-hybridized carbons (Fsp3) is 0.647. The van der Waals surface area contributed by atoms with Crippen LogP contribution in [0.5, 0.6) is 0 Å². The highest BCUT2D eigenvalue weighted by molar-refractivity contribution is 5.50. The van der Waals surface area contributed by atoms with Crippen molar-refractivity contribution in [2.45, 2.75) is 38.6 Å². The Hall–Kier alpha value is -1.13. The van der Waals surface area contributed by atoms with Crippen molar-refractivity contribution >= 4 is 5.69 Å². The minimum Gasteiger partial charge on any atom is -0.362 e. The Labute approximate surface area is 127 Å². The summed E-state index contributed by atoms with van der Waals surface area (Å²) in [5.41, 5.74) is 6.74. The molecule has 1 atom stereocenters. The molecule has 4 heteroatoms. The van der Waals surface area contributed by atoms with Crippen molar-refractivity contribution in [1.82, 2.24) is 4.90 Å². The molecular formula is C17H28FN3. The van der Waals surface area contributed by atoms with E-state index in [1.165, 1.54) is 6.07 Å². The zero-order valence-electron chi connectivity index (χ0n) is 13.3. The highest BCUT2D eigenvalue weighted by Crippen LogP contribution is 2.33. The Morgan fingerprint density at radius 1 is 1.24 bits per heavy atom. The van der Waals surface area contributed by atoms with Crippen molar-refractivity contribution in [3.63, 3.8) is 0 Å². The largest absolute Gasteiger partial charge is 0.362 e. The maximum atomic E-state index is 14.2. The molecule has 0 aromatic heterocycles. The first-order chi connectivity index (χ1) is 10.2. The molecule has 0 amide bonds. The van der Waals surface area contributed by atoms with Gasteiger partial charge in [0.15, 0.2) is 0 Å². The van der Waals surface area contributed by atoms with E-state index in [0.29, 0.717) is 12.2 Å². The van der Waals surface area contributed by atoms with Gasteiger partial charge in [-0.2, -0.15) is 0 Å². The Morgan fingerprint density at radius 2 is 2.00 bits per heavy atom. The summed E-state index contributed by atoms with van der Waals surface area (Å²) in [7, 11) is 0. The number of likely N-dealkylation sites (N-methyl/N-ethyl adjacent to an activating group) is 1. The molecule has 1 aliphatic rings. The zero-order valence-corrected chi connectivity index (χ0v) is 13.3. The van der Waals surface area contributed by atoms with Crippen molar-refractivity contribution in [2.75, 3.05) is 37.6 Å². The number of anilines is 1. The lowest BCUT2D eigenvalue weighted by molar-refractivity contribution is 0.285. The fourth-order valence-electron chi connectivity index (χ4n) is 3.57. The summed E-state index contributed by atoms with van der Waals surface area (Å²) in [6.45, 7) is 8.88. The molecule has 0 aliphatic carbocycles. The SMILES string of the molecule is CCN1CCCC(CN)(N(CC)c2ccccc2F)CC1. The molecule has 1 fully saturated rings. The summed E-state index contributed by atoms with van der Waals surface area (Å²) in [6, 6.07) is 7.06. The summed E-state index contributed by atoms with van der Waals surface area (Å²) < 4.78 is 14.2. The zero-order chi connectivity index (χ0) is 15.3. The predicted molar refractivity (Wildman–Crippen MR) is 87.2 cm³/mol. The lowest BCUT2D eigenvalue weighted by Gasteiger charge is -2.44. The topological polar surface area (TPSA) is 32.5 Å². The number of likely N-dealkylation sites (tertiary alicyclic amines) is 1. The van der Waals surface area contributed by atoms with Crippen LogP contribution in [0.25, 0.3) is 0 Å². The monoisotopic (exact) mass is 293 g/mol.